The van der Waals surface area contributed by atoms with Gasteiger partial charge < -0.3 is 26.0 Å². The van der Waals surface area contributed by atoms with Crippen molar-refractivity contribution < 1.29 is 9.90 Å². The molecule has 39 heavy (non-hydrogen) atoms. The number of nitrogens with two attached hydrogens (primary N) is 1. The van der Waals surface area contributed by atoms with Crippen LogP contribution >= 0.6 is 0 Å². The number of aliphatic hydroxyl groups excluding tert-OH is 1. The van der Waals surface area contributed by atoms with Crippen LogP contribution in [0.25, 0.3) is 27.5 Å². The topological polar surface area (TPSA) is 129 Å². The second kappa shape index (κ2) is 10.1. The Morgan fingerprint density at radius 2 is 1.79 bits per heavy atom. The van der Waals surface area contributed by atoms with Crippen LogP contribution in [-0.4, -0.2) is 32.7 Å². The fourth-order valence-electron chi connectivity index (χ4n) is 5.53. The predicted molar refractivity (Wildman–Crippen MR) is 154 cm³/mol. The second-order valence-electron chi connectivity index (χ2n) is 9.96. The molecular formula is C31H28N6O2. The summed E-state index contributed by atoms with van der Waals surface area (Å²) >= 11 is 0. The molecule has 0 bridgehead atoms. The minimum atomic E-state index is -0.261. The van der Waals surface area contributed by atoms with Gasteiger partial charge in [-0.2, -0.15) is 5.26 Å². The van der Waals surface area contributed by atoms with Gasteiger partial charge in [0.25, 0.3) is 5.91 Å². The van der Waals surface area contributed by atoms with E-state index < -0.39 is 0 Å². The van der Waals surface area contributed by atoms with Crippen LogP contribution in [0.3, 0.4) is 0 Å². The third-order valence-electron chi connectivity index (χ3n) is 7.48. The summed E-state index contributed by atoms with van der Waals surface area (Å²) in [4.78, 5) is 17.5. The van der Waals surface area contributed by atoms with Crippen molar-refractivity contribution in [3.63, 3.8) is 0 Å². The maximum atomic E-state index is 13.5. The Labute approximate surface area is 225 Å². The van der Waals surface area contributed by atoms with Crippen LogP contribution < -0.4 is 16.4 Å². The van der Waals surface area contributed by atoms with E-state index in [1.54, 1.807) is 12.3 Å². The largest absolute Gasteiger partial charge is 0.396 e. The first-order chi connectivity index (χ1) is 19.0. The second-order valence-corrected chi connectivity index (χ2v) is 9.96. The monoisotopic (exact) mass is 516 g/mol. The first kappa shape index (κ1) is 24.5. The van der Waals surface area contributed by atoms with E-state index in [1.165, 1.54) is 6.20 Å². The molecule has 0 aliphatic heterocycles. The lowest BCUT2D eigenvalue weighted by atomic mass is 9.93. The molecule has 1 fully saturated rings. The number of hydrogen-bond donors (Lipinski definition) is 4. The summed E-state index contributed by atoms with van der Waals surface area (Å²) < 4.78 is 2.12. The normalized spacial score (nSPS) is 17.1. The average molecular weight is 517 g/mol. The van der Waals surface area contributed by atoms with Crippen LogP contribution in [-0.2, 0) is 0 Å². The third-order valence-corrected chi connectivity index (χ3v) is 7.48. The number of hydrogen-bond acceptors (Lipinski definition) is 6. The van der Waals surface area contributed by atoms with E-state index >= 15 is 0 Å². The summed E-state index contributed by atoms with van der Waals surface area (Å²) in [6.45, 7) is 0. The number of nitrogens with zero attached hydrogens (tertiary/aromatic N) is 3. The lowest BCUT2D eigenvalue weighted by molar-refractivity contribution is 0.102. The Hall–Kier alpha value is -4.87. The minimum Gasteiger partial charge on any atom is -0.396 e. The maximum absolute atomic E-state index is 13.5. The summed E-state index contributed by atoms with van der Waals surface area (Å²) in [5.41, 5.74) is 11.5. The SMILES string of the molecule is N#Cc1ccc(-n2c3ccccc3c3c(C(=O)Nc4ccncc4N)cccc32)cc1NC1CCC(O)CC1. The van der Waals surface area contributed by atoms with Crippen LogP contribution in [0.2, 0.25) is 0 Å². The average Bonchev–Trinajstić information content (AvgIpc) is 3.30. The summed E-state index contributed by atoms with van der Waals surface area (Å²) in [5.74, 6) is -0.261. The number of benzene rings is 3. The zero-order valence-electron chi connectivity index (χ0n) is 21.3. The van der Waals surface area contributed by atoms with Gasteiger partial charge >= 0.3 is 0 Å². The predicted octanol–water partition coefficient (Wildman–Crippen LogP) is 5.60. The molecule has 5 N–H and O–H groups in total. The zero-order chi connectivity index (χ0) is 26.9. The van der Waals surface area contributed by atoms with Gasteiger partial charge in [-0.1, -0.05) is 24.3 Å². The van der Waals surface area contributed by atoms with Gasteiger partial charge in [-0.05, 0) is 68.1 Å². The number of nitrogen functional groups attached to an aromatic ring is 1. The lowest BCUT2D eigenvalue weighted by Gasteiger charge is -2.27. The lowest BCUT2D eigenvalue weighted by Crippen LogP contribution is -2.28. The van der Waals surface area contributed by atoms with Crippen LogP contribution in [0, 0.1) is 11.3 Å². The Balaban J connectivity index is 1.47. The van der Waals surface area contributed by atoms with Gasteiger partial charge in [0.1, 0.15) is 6.07 Å². The molecule has 2 heterocycles. The van der Waals surface area contributed by atoms with Crippen molar-refractivity contribution in [2.75, 3.05) is 16.4 Å². The molecule has 3 aromatic carbocycles. The van der Waals surface area contributed by atoms with Crippen molar-refractivity contribution in [2.45, 2.75) is 37.8 Å². The van der Waals surface area contributed by atoms with E-state index in [0.29, 0.717) is 22.5 Å². The van der Waals surface area contributed by atoms with Gasteiger partial charge in [-0.3, -0.25) is 9.78 Å². The zero-order valence-corrected chi connectivity index (χ0v) is 21.3. The number of carbonyl (C=O) groups excluding carboxylic acids is 1. The molecule has 1 aliphatic rings. The number of amides is 1. The van der Waals surface area contributed by atoms with Crippen molar-refractivity contribution in [3.05, 3.63) is 90.3 Å². The van der Waals surface area contributed by atoms with E-state index in [9.17, 15) is 15.2 Å². The first-order valence-corrected chi connectivity index (χ1v) is 13.1. The summed E-state index contributed by atoms with van der Waals surface area (Å²) in [5, 5.41) is 28.0. The molecule has 0 radical (unpaired) electrons. The standard InChI is InChI=1S/C31H28N6O2/c32-17-19-8-11-21(16-27(19)35-20-9-12-22(38)13-10-20)37-28-6-2-1-4-23(28)30-24(5-3-7-29(30)37)31(39)36-26-14-15-34-18-25(26)33/h1-8,11,14-16,18,20,22,35,38H,9-10,12-13,33H2,(H,34,36,39). The van der Waals surface area contributed by atoms with Crippen LogP contribution in [0.1, 0.15) is 41.6 Å². The summed E-state index contributed by atoms with van der Waals surface area (Å²) in [6.07, 6.45) is 6.06. The molecule has 6 rings (SSSR count). The maximum Gasteiger partial charge on any atom is 0.256 e. The smallest absolute Gasteiger partial charge is 0.256 e. The molecular weight excluding hydrogens is 488 g/mol. The number of pyridine rings is 1. The van der Waals surface area contributed by atoms with Crippen LogP contribution in [0.4, 0.5) is 17.1 Å². The quantitative estimate of drug-likeness (QED) is 0.241. The summed E-state index contributed by atoms with van der Waals surface area (Å²) in [7, 11) is 0. The molecule has 1 aliphatic carbocycles. The molecule has 0 atom stereocenters. The molecule has 194 valence electrons. The fourth-order valence-corrected chi connectivity index (χ4v) is 5.53. The fraction of sp³-hybridized carbons (Fsp3) is 0.194. The Morgan fingerprint density at radius 3 is 2.59 bits per heavy atom. The van der Waals surface area contributed by atoms with Crippen molar-refractivity contribution >= 4 is 44.8 Å². The van der Waals surface area contributed by atoms with E-state index in [0.717, 1.165) is 58.9 Å². The number of aliphatic hydroxyl groups is 1. The number of rotatable bonds is 5. The number of nitriles is 1. The van der Waals surface area contributed by atoms with Gasteiger partial charge in [0.15, 0.2) is 0 Å². The van der Waals surface area contributed by atoms with Gasteiger partial charge in [0.2, 0.25) is 0 Å². The highest BCUT2D eigenvalue weighted by Gasteiger charge is 2.22. The van der Waals surface area contributed by atoms with Gasteiger partial charge in [0, 0.05) is 34.3 Å². The molecule has 8 heteroatoms. The van der Waals surface area contributed by atoms with Crippen LogP contribution in [0.5, 0.6) is 0 Å². The minimum absolute atomic E-state index is 0.199. The van der Waals surface area contributed by atoms with Gasteiger partial charge in [-0.15, -0.1) is 0 Å². The number of anilines is 3. The molecule has 1 saturated carbocycles. The van der Waals surface area contributed by atoms with E-state index in [4.69, 9.17) is 5.73 Å². The van der Waals surface area contributed by atoms with Crippen molar-refractivity contribution in [3.8, 4) is 11.8 Å². The first-order valence-electron chi connectivity index (χ1n) is 13.1. The third kappa shape index (κ3) is 4.54. The number of aromatic nitrogens is 2. The number of fused-ring (bicyclic) bond motifs is 3. The van der Waals surface area contributed by atoms with Crippen molar-refractivity contribution in [1.82, 2.24) is 9.55 Å². The molecule has 8 nitrogen and oxygen atoms in total. The Kier molecular flexibility index (Phi) is 6.35. The van der Waals surface area contributed by atoms with Gasteiger partial charge in [0.05, 0.1) is 46.0 Å². The molecule has 1 amide bonds. The molecule has 0 saturated heterocycles. The molecule has 0 unspecified atom stereocenters. The molecule has 0 spiro atoms. The number of para-hydroxylation sites is 1. The van der Waals surface area contributed by atoms with Gasteiger partial charge in [-0.25, -0.2) is 0 Å². The van der Waals surface area contributed by atoms with Crippen LogP contribution in [0.15, 0.2) is 79.1 Å². The van der Waals surface area contributed by atoms with E-state index in [2.05, 4.69) is 26.3 Å². The number of nitrogens with one attached hydrogen (secondary N) is 2. The summed E-state index contributed by atoms with van der Waals surface area (Å²) in [6, 6.07) is 23.6. The van der Waals surface area contributed by atoms with Crippen molar-refractivity contribution in [2.24, 2.45) is 0 Å². The van der Waals surface area contributed by atoms with E-state index in [1.807, 2.05) is 60.7 Å². The molecule has 2 aromatic heterocycles. The Morgan fingerprint density at radius 1 is 1.00 bits per heavy atom. The van der Waals surface area contributed by atoms with E-state index in [-0.39, 0.29) is 18.1 Å². The Bertz CT molecular complexity index is 1740. The molecule has 5 aromatic rings. The van der Waals surface area contributed by atoms with Crippen molar-refractivity contribution in [1.29, 1.82) is 5.26 Å². The highest BCUT2D eigenvalue weighted by molar-refractivity contribution is 6.21. The highest BCUT2D eigenvalue weighted by Crippen LogP contribution is 2.36. The highest BCUT2D eigenvalue weighted by atomic mass is 16.3. The number of carbonyl (C=O) groups is 1.